The molecule has 0 saturated heterocycles. The minimum Gasteiger partial charge on any atom is -0.497 e. The van der Waals surface area contributed by atoms with E-state index in [1.165, 1.54) is 0 Å². The van der Waals surface area contributed by atoms with Crippen molar-refractivity contribution < 1.29 is 14.3 Å². The Morgan fingerprint density at radius 1 is 1.27 bits per heavy atom. The molecule has 0 aliphatic carbocycles. The molecule has 22 heavy (non-hydrogen) atoms. The SMILES string of the molecule is COc1ccc(NC(N)=NCCC(=O)OC(C)(C)C)cc1.I. The summed E-state index contributed by atoms with van der Waals surface area (Å²) in [6.07, 6.45) is 0.197. The smallest absolute Gasteiger partial charge is 0.308 e. The zero-order chi connectivity index (χ0) is 15.9. The molecule has 0 radical (unpaired) electrons. The first-order valence-electron chi connectivity index (χ1n) is 6.73. The molecule has 0 unspecified atom stereocenters. The summed E-state index contributed by atoms with van der Waals surface area (Å²) in [5, 5.41) is 2.94. The van der Waals surface area contributed by atoms with Crippen molar-refractivity contribution in [2.45, 2.75) is 32.8 Å². The Morgan fingerprint density at radius 3 is 2.36 bits per heavy atom. The summed E-state index contributed by atoms with van der Waals surface area (Å²) in [6, 6.07) is 7.29. The quantitative estimate of drug-likeness (QED) is 0.331. The highest BCUT2D eigenvalue weighted by Gasteiger charge is 2.15. The van der Waals surface area contributed by atoms with Gasteiger partial charge < -0.3 is 20.5 Å². The molecule has 0 amide bonds. The molecular weight excluding hydrogens is 397 g/mol. The molecular formula is C15H24IN3O3. The Hall–Kier alpha value is -1.51. The van der Waals surface area contributed by atoms with Crippen molar-refractivity contribution in [2.24, 2.45) is 10.7 Å². The molecule has 0 spiro atoms. The number of nitrogens with two attached hydrogens (primary N) is 1. The van der Waals surface area contributed by atoms with E-state index in [1.807, 2.05) is 45.0 Å². The number of carbonyl (C=O) groups excluding carboxylic acids is 1. The van der Waals surface area contributed by atoms with Crippen LogP contribution >= 0.6 is 24.0 Å². The van der Waals surface area contributed by atoms with Gasteiger partial charge in [-0.25, -0.2) is 0 Å². The summed E-state index contributed by atoms with van der Waals surface area (Å²) in [4.78, 5) is 15.6. The summed E-state index contributed by atoms with van der Waals surface area (Å²) in [7, 11) is 1.61. The number of anilines is 1. The molecule has 0 saturated carbocycles. The topological polar surface area (TPSA) is 85.9 Å². The Kier molecular flexibility index (Phi) is 8.84. The molecule has 1 aromatic rings. The highest BCUT2D eigenvalue weighted by Crippen LogP contribution is 2.14. The standard InChI is InChI=1S/C15H23N3O3.HI/c1-15(2,3)21-13(19)9-10-17-14(16)18-11-5-7-12(20-4)8-6-11;/h5-8H,9-10H2,1-4H3,(H3,16,17,18);1H. The van der Waals surface area contributed by atoms with E-state index < -0.39 is 5.60 Å². The highest BCUT2D eigenvalue weighted by atomic mass is 127. The van der Waals surface area contributed by atoms with Gasteiger partial charge in [0.05, 0.1) is 20.1 Å². The van der Waals surface area contributed by atoms with Crippen molar-refractivity contribution in [2.75, 3.05) is 19.0 Å². The number of nitrogens with zero attached hydrogens (tertiary/aromatic N) is 1. The van der Waals surface area contributed by atoms with Crippen LogP contribution in [0.25, 0.3) is 0 Å². The zero-order valence-corrected chi connectivity index (χ0v) is 15.7. The predicted octanol–water partition coefficient (Wildman–Crippen LogP) is 2.77. The minimum atomic E-state index is -0.478. The second kappa shape index (κ2) is 9.50. The normalized spacial score (nSPS) is 11.4. The number of aliphatic imine (C=N–C) groups is 1. The molecule has 0 heterocycles. The number of ether oxygens (including phenoxy) is 2. The maximum Gasteiger partial charge on any atom is 0.308 e. The Bertz CT molecular complexity index is 496. The number of carbonyl (C=O) groups is 1. The van der Waals surface area contributed by atoms with E-state index in [2.05, 4.69) is 10.3 Å². The summed E-state index contributed by atoms with van der Waals surface area (Å²) < 4.78 is 10.2. The van der Waals surface area contributed by atoms with E-state index in [0.29, 0.717) is 0 Å². The molecule has 0 fully saturated rings. The lowest BCUT2D eigenvalue weighted by Crippen LogP contribution is -2.25. The lowest BCUT2D eigenvalue weighted by molar-refractivity contribution is -0.154. The number of hydrogen-bond acceptors (Lipinski definition) is 4. The minimum absolute atomic E-state index is 0. The number of guanidine groups is 1. The number of rotatable bonds is 5. The number of benzene rings is 1. The lowest BCUT2D eigenvalue weighted by atomic mass is 10.2. The largest absolute Gasteiger partial charge is 0.497 e. The first-order chi connectivity index (χ1) is 9.80. The molecule has 0 bridgehead atoms. The van der Waals surface area contributed by atoms with E-state index in [9.17, 15) is 4.79 Å². The van der Waals surface area contributed by atoms with E-state index >= 15 is 0 Å². The van der Waals surface area contributed by atoms with Crippen molar-refractivity contribution >= 4 is 41.6 Å². The third kappa shape index (κ3) is 8.71. The lowest BCUT2D eigenvalue weighted by Gasteiger charge is -2.19. The molecule has 0 aliphatic rings. The van der Waals surface area contributed by atoms with Crippen LogP contribution in [0.2, 0.25) is 0 Å². The molecule has 0 atom stereocenters. The van der Waals surface area contributed by atoms with E-state index in [0.717, 1.165) is 11.4 Å². The highest BCUT2D eigenvalue weighted by molar-refractivity contribution is 14.0. The number of methoxy groups -OCH3 is 1. The maximum atomic E-state index is 11.5. The summed E-state index contributed by atoms with van der Waals surface area (Å²) in [6.45, 7) is 5.76. The molecule has 0 aromatic heterocycles. The van der Waals surface area contributed by atoms with Crippen LogP contribution < -0.4 is 15.8 Å². The van der Waals surface area contributed by atoms with Gasteiger partial charge in [0.15, 0.2) is 5.96 Å². The fourth-order valence-electron chi connectivity index (χ4n) is 1.52. The molecule has 124 valence electrons. The van der Waals surface area contributed by atoms with E-state index in [-0.39, 0.29) is 48.9 Å². The van der Waals surface area contributed by atoms with Gasteiger partial charge in [-0.05, 0) is 45.0 Å². The predicted molar refractivity (Wildman–Crippen MR) is 99.0 cm³/mol. The van der Waals surface area contributed by atoms with Crippen molar-refractivity contribution in [3.63, 3.8) is 0 Å². The Balaban J connectivity index is 0.00000441. The second-order valence-corrected chi connectivity index (χ2v) is 5.46. The number of halogens is 1. The van der Waals surface area contributed by atoms with E-state index in [4.69, 9.17) is 15.2 Å². The summed E-state index contributed by atoms with van der Waals surface area (Å²) >= 11 is 0. The second-order valence-electron chi connectivity index (χ2n) is 5.46. The van der Waals surface area contributed by atoms with Crippen molar-refractivity contribution in [3.05, 3.63) is 24.3 Å². The fourth-order valence-corrected chi connectivity index (χ4v) is 1.52. The van der Waals surface area contributed by atoms with Gasteiger partial charge in [-0.2, -0.15) is 0 Å². The van der Waals surface area contributed by atoms with Crippen LogP contribution in [-0.2, 0) is 9.53 Å². The van der Waals surface area contributed by atoms with Crippen LogP contribution in [0.15, 0.2) is 29.3 Å². The Morgan fingerprint density at radius 2 is 1.86 bits per heavy atom. The third-order valence-electron chi connectivity index (χ3n) is 2.38. The maximum absolute atomic E-state index is 11.5. The third-order valence-corrected chi connectivity index (χ3v) is 2.38. The van der Waals surface area contributed by atoms with Gasteiger partial charge in [0.1, 0.15) is 11.4 Å². The molecule has 1 aromatic carbocycles. The van der Waals surface area contributed by atoms with Gasteiger partial charge in [0.25, 0.3) is 0 Å². The zero-order valence-electron chi connectivity index (χ0n) is 13.4. The van der Waals surface area contributed by atoms with Crippen LogP contribution in [0.5, 0.6) is 5.75 Å². The summed E-state index contributed by atoms with van der Waals surface area (Å²) in [5.41, 5.74) is 6.07. The summed E-state index contributed by atoms with van der Waals surface area (Å²) in [5.74, 6) is 0.730. The average Bonchev–Trinajstić information content (AvgIpc) is 2.37. The number of esters is 1. The fraction of sp³-hybridized carbons (Fsp3) is 0.467. The first kappa shape index (κ1) is 20.5. The van der Waals surface area contributed by atoms with Gasteiger partial charge in [-0.15, -0.1) is 24.0 Å². The van der Waals surface area contributed by atoms with Gasteiger partial charge in [-0.3, -0.25) is 9.79 Å². The van der Waals surface area contributed by atoms with Crippen molar-refractivity contribution in [3.8, 4) is 5.75 Å². The molecule has 1 rings (SSSR count). The molecule has 0 aliphatic heterocycles. The number of hydrogen-bond donors (Lipinski definition) is 2. The average molecular weight is 421 g/mol. The van der Waals surface area contributed by atoms with Crippen molar-refractivity contribution in [1.82, 2.24) is 0 Å². The Labute approximate surface area is 148 Å². The van der Waals surface area contributed by atoms with Crippen LogP contribution in [-0.4, -0.2) is 31.2 Å². The van der Waals surface area contributed by atoms with Crippen LogP contribution in [0.3, 0.4) is 0 Å². The molecule has 6 nitrogen and oxygen atoms in total. The van der Waals surface area contributed by atoms with Crippen LogP contribution in [0, 0.1) is 0 Å². The molecule has 3 N–H and O–H groups in total. The van der Waals surface area contributed by atoms with Crippen LogP contribution in [0.1, 0.15) is 27.2 Å². The first-order valence-corrected chi connectivity index (χ1v) is 6.73. The van der Waals surface area contributed by atoms with Gasteiger partial charge in [-0.1, -0.05) is 0 Å². The van der Waals surface area contributed by atoms with Gasteiger partial charge >= 0.3 is 5.97 Å². The van der Waals surface area contributed by atoms with Crippen molar-refractivity contribution in [1.29, 1.82) is 0 Å². The van der Waals surface area contributed by atoms with Gasteiger partial charge in [0, 0.05) is 5.69 Å². The van der Waals surface area contributed by atoms with E-state index in [1.54, 1.807) is 7.11 Å². The molecule has 7 heteroatoms. The monoisotopic (exact) mass is 421 g/mol. The number of nitrogens with one attached hydrogen (secondary N) is 1. The van der Waals surface area contributed by atoms with Crippen LogP contribution in [0.4, 0.5) is 5.69 Å². The van der Waals surface area contributed by atoms with Gasteiger partial charge in [0.2, 0.25) is 0 Å².